The third kappa shape index (κ3) is 3.17. The van der Waals surface area contributed by atoms with Crippen LogP contribution < -0.4 is 0 Å². The molecule has 0 aromatic heterocycles. The Morgan fingerprint density at radius 2 is 1.46 bits per heavy atom. The lowest BCUT2D eigenvalue weighted by molar-refractivity contribution is -0.900. The number of quaternary nitrogens is 1. The van der Waals surface area contributed by atoms with E-state index in [-0.39, 0.29) is 5.48 Å². The molecule has 0 spiro atoms. The van der Waals surface area contributed by atoms with Crippen molar-refractivity contribution < 1.29 is 9.96 Å². The van der Waals surface area contributed by atoms with Crippen molar-refractivity contribution in [3.63, 3.8) is 0 Å². The summed E-state index contributed by atoms with van der Waals surface area (Å²) in [4.78, 5) is 0. The number of rotatable bonds is 2. The number of hydrogen-bond acceptors (Lipinski definition) is 1. The normalized spacial score (nSPS) is 13.2. The van der Waals surface area contributed by atoms with Gasteiger partial charge >= 0.3 is 0 Å². The van der Waals surface area contributed by atoms with E-state index in [0.29, 0.717) is 6.04 Å². The fraction of sp³-hybridized carbons (Fsp3) is 0.455. The summed E-state index contributed by atoms with van der Waals surface area (Å²) < 4.78 is 0.976. The third-order valence-electron chi connectivity index (χ3n) is 2.44. The zero-order valence-electron chi connectivity index (χ0n) is 8.86. The van der Waals surface area contributed by atoms with Crippen LogP contribution in [0.3, 0.4) is 0 Å². The standard InChI is InChI=1S/C11H18N.H2O/c1-10(12(2,3)4)11-8-6-5-7-9-11;/h5-10H,1-4H3;1H2/q+1;/p-1. The van der Waals surface area contributed by atoms with Gasteiger partial charge in [0.05, 0.1) is 21.1 Å². The molecule has 0 aliphatic heterocycles. The average molecular weight is 181 g/mol. The van der Waals surface area contributed by atoms with Gasteiger partial charge in [0.2, 0.25) is 0 Å². The van der Waals surface area contributed by atoms with E-state index >= 15 is 0 Å². The summed E-state index contributed by atoms with van der Waals surface area (Å²) in [7, 11) is 6.66. The molecule has 0 fully saturated rings. The smallest absolute Gasteiger partial charge is 0.111 e. The van der Waals surface area contributed by atoms with Crippen LogP contribution in [0.2, 0.25) is 0 Å². The Bertz CT molecular complexity index is 238. The molecule has 0 bridgehead atoms. The first-order valence-electron chi connectivity index (χ1n) is 4.38. The van der Waals surface area contributed by atoms with E-state index < -0.39 is 0 Å². The molecule has 1 aromatic carbocycles. The molecule has 0 heterocycles. The molecule has 0 radical (unpaired) electrons. The van der Waals surface area contributed by atoms with Gasteiger partial charge in [0, 0.05) is 5.56 Å². The largest absolute Gasteiger partial charge is 0.870 e. The van der Waals surface area contributed by atoms with Crippen molar-refractivity contribution >= 4 is 0 Å². The van der Waals surface area contributed by atoms with Gasteiger partial charge < -0.3 is 9.96 Å². The van der Waals surface area contributed by atoms with Crippen LogP contribution >= 0.6 is 0 Å². The van der Waals surface area contributed by atoms with Crippen LogP contribution in [0.1, 0.15) is 18.5 Å². The first-order valence-corrected chi connectivity index (χ1v) is 4.38. The van der Waals surface area contributed by atoms with E-state index in [1.807, 2.05) is 0 Å². The monoisotopic (exact) mass is 181 g/mol. The average Bonchev–Trinajstić information content (AvgIpc) is 2.03. The van der Waals surface area contributed by atoms with Gasteiger partial charge in [-0.05, 0) is 6.92 Å². The molecule has 13 heavy (non-hydrogen) atoms. The maximum absolute atomic E-state index is 2.26. The molecule has 1 atom stereocenters. The van der Waals surface area contributed by atoms with Gasteiger partial charge in [-0.25, -0.2) is 0 Å². The summed E-state index contributed by atoms with van der Waals surface area (Å²) in [5.74, 6) is 0. The van der Waals surface area contributed by atoms with Crippen molar-refractivity contribution in [2.24, 2.45) is 0 Å². The van der Waals surface area contributed by atoms with Gasteiger partial charge in [-0.3, -0.25) is 0 Å². The highest BCUT2D eigenvalue weighted by Gasteiger charge is 2.19. The van der Waals surface area contributed by atoms with E-state index in [1.165, 1.54) is 5.56 Å². The Hall–Kier alpha value is -0.860. The number of nitrogens with zero attached hydrogens (tertiary/aromatic N) is 1. The molecule has 1 aromatic rings. The molecule has 1 unspecified atom stereocenters. The Balaban J connectivity index is 0.00000144. The fourth-order valence-corrected chi connectivity index (χ4v) is 1.18. The summed E-state index contributed by atoms with van der Waals surface area (Å²) in [6.45, 7) is 2.26. The van der Waals surface area contributed by atoms with Gasteiger partial charge in [-0.2, -0.15) is 0 Å². The second kappa shape index (κ2) is 4.40. The van der Waals surface area contributed by atoms with Gasteiger partial charge in [0.25, 0.3) is 0 Å². The van der Waals surface area contributed by atoms with Crippen molar-refractivity contribution in [3.05, 3.63) is 35.9 Å². The molecule has 0 saturated heterocycles. The lowest BCUT2D eigenvalue weighted by atomic mass is 10.1. The van der Waals surface area contributed by atoms with Crippen molar-refractivity contribution in [1.29, 1.82) is 0 Å². The van der Waals surface area contributed by atoms with Gasteiger partial charge in [0.15, 0.2) is 0 Å². The number of hydrogen-bond donors (Lipinski definition) is 0. The Kier molecular flexibility index (Phi) is 4.11. The predicted molar refractivity (Wildman–Crippen MR) is 54.8 cm³/mol. The topological polar surface area (TPSA) is 30.0 Å². The summed E-state index contributed by atoms with van der Waals surface area (Å²) in [6.07, 6.45) is 0. The lowest BCUT2D eigenvalue weighted by Crippen LogP contribution is -2.37. The highest BCUT2D eigenvalue weighted by atomic mass is 16.0. The van der Waals surface area contributed by atoms with Crippen molar-refractivity contribution in [2.45, 2.75) is 13.0 Å². The molecule has 74 valence electrons. The van der Waals surface area contributed by atoms with Crippen LogP contribution in [0.15, 0.2) is 30.3 Å². The van der Waals surface area contributed by atoms with Crippen molar-refractivity contribution in [2.75, 3.05) is 21.1 Å². The molecule has 2 heteroatoms. The van der Waals surface area contributed by atoms with Crippen molar-refractivity contribution in [1.82, 2.24) is 0 Å². The van der Waals surface area contributed by atoms with E-state index in [1.54, 1.807) is 0 Å². The SMILES string of the molecule is CC(c1ccccc1)[N+](C)(C)C.[OH-]. The Morgan fingerprint density at radius 3 is 1.85 bits per heavy atom. The summed E-state index contributed by atoms with van der Waals surface area (Å²) in [5, 5.41) is 0. The first kappa shape index (κ1) is 12.1. The molecule has 2 nitrogen and oxygen atoms in total. The van der Waals surface area contributed by atoms with Crippen LogP contribution in [0, 0.1) is 0 Å². The fourth-order valence-electron chi connectivity index (χ4n) is 1.18. The van der Waals surface area contributed by atoms with E-state index in [2.05, 4.69) is 58.4 Å². The second-order valence-electron chi connectivity index (χ2n) is 4.20. The van der Waals surface area contributed by atoms with Crippen molar-refractivity contribution in [3.8, 4) is 0 Å². The summed E-state index contributed by atoms with van der Waals surface area (Å²) >= 11 is 0. The molecule has 0 aliphatic rings. The highest BCUT2D eigenvalue weighted by molar-refractivity contribution is 5.16. The maximum atomic E-state index is 2.26. The van der Waals surface area contributed by atoms with E-state index in [0.717, 1.165) is 4.48 Å². The predicted octanol–water partition coefficient (Wildman–Crippen LogP) is 2.28. The van der Waals surface area contributed by atoms with Gasteiger partial charge in [-0.15, -0.1) is 0 Å². The van der Waals surface area contributed by atoms with Crippen LogP contribution in [0.25, 0.3) is 0 Å². The molecular weight excluding hydrogens is 162 g/mol. The maximum Gasteiger partial charge on any atom is 0.111 e. The minimum atomic E-state index is 0. The third-order valence-corrected chi connectivity index (χ3v) is 2.44. The minimum Gasteiger partial charge on any atom is -0.870 e. The Morgan fingerprint density at radius 1 is 1.00 bits per heavy atom. The lowest BCUT2D eigenvalue weighted by Gasteiger charge is -2.31. The van der Waals surface area contributed by atoms with E-state index in [4.69, 9.17) is 0 Å². The van der Waals surface area contributed by atoms with Gasteiger partial charge in [0.1, 0.15) is 6.04 Å². The minimum absolute atomic E-state index is 0. The van der Waals surface area contributed by atoms with E-state index in [9.17, 15) is 0 Å². The quantitative estimate of drug-likeness (QED) is 0.644. The molecule has 1 rings (SSSR count). The van der Waals surface area contributed by atoms with Crippen LogP contribution in [0.5, 0.6) is 0 Å². The highest BCUT2D eigenvalue weighted by Crippen LogP contribution is 2.21. The summed E-state index contributed by atoms with van der Waals surface area (Å²) in [6, 6.07) is 11.2. The van der Waals surface area contributed by atoms with Crippen LogP contribution in [-0.4, -0.2) is 31.1 Å². The Labute approximate surface area is 80.7 Å². The zero-order valence-corrected chi connectivity index (χ0v) is 8.86. The molecule has 0 aliphatic carbocycles. The number of benzene rings is 1. The second-order valence-corrected chi connectivity index (χ2v) is 4.20. The molecular formula is C11H19NO. The van der Waals surface area contributed by atoms with Crippen LogP contribution in [-0.2, 0) is 0 Å². The van der Waals surface area contributed by atoms with Crippen LogP contribution in [0.4, 0.5) is 0 Å². The molecule has 0 saturated carbocycles. The summed E-state index contributed by atoms with van der Waals surface area (Å²) in [5.41, 5.74) is 1.41. The van der Waals surface area contributed by atoms with Gasteiger partial charge in [-0.1, -0.05) is 30.3 Å². The zero-order chi connectivity index (χ0) is 9.19. The molecule has 1 N–H and O–H groups in total. The first-order chi connectivity index (χ1) is 5.52. The molecule has 0 amide bonds.